The Morgan fingerprint density at radius 1 is 0.659 bits per heavy atom. The number of carboxylic acids is 1. The molecule has 9 unspecified atom stereocenters. The summed E-state index contributed by atoms with van der Waals surface area (Å²) in [5.74, 6) is -16.0. The molecule has 5 aliphatic rings. The number of hydrogen-bond acceptors (Lipinski definition) is 18. The topological polar surface area (TPSA) is 427 Å². The Morgan fingerprint density at radius 3 is 1.91 bits per heavy atom. The number of nitrogens with zero attached hydrogens (tertiary/aromatic N) is 1. The molecule has 0 spiro atoms. The van der Waals surface area contributed by atoms with Crippen LogP contribution in [0.2, 0.25) is 5.02 Å². The molecular formula is C60H66ClN9O18. The number of carboxylic acid groups (broad SMARTS) is 1. The Balaban J connectivity index is 1.33. The molecule has 8 amide bonds. The first-order chi connectivity index (χ1) is 41.6. The minimum Gasteiger partial charge on any atom is -0.508 e. The van der Waals surface area contributed by atoms with Crippen molar-refractivity contribution in [3.63, 3.8) is 0 Å². The predicted octanol–water partition coefficient (Wildman–Crippen LogP) is 2.62. The molecule has 5 aromatic carbocycles. The minimum absolute atomic E-state index is 0.0509. The third-order valence-corrected chi connectivity index (χ3v) is 15.4. The lowest BCUT2D eigenvalue weighted by molar-refractivity contribution is -0.143. The number of fused-ring (bicyclic) bond motifs is 14. The number of amides is 8. The first-order valence-corrected chi connectivity index (χ1v) is 28.1. The molecule has 10 atom stereocenters. The Kier molecular flexibility index (Phi) is 19.4. The Morgan fingerprint density at radius 2 is 1.28 bits per heavy atom. The maximum atomic E-state index is 15.6. The number of halogens is 1. The van der Waals surface area contributed by atoms with Gasteiger partial charge in [-0.1, -0.05) is 69.6 Å². The van der Waals surface area contributed by atoms with Gasteiger partial charge in [0.2, 0.25) is 53.0 Å². The van der Waals surface area contributed by atoms with Gasteiger partial charge in [0.25, 0.3) is 0 Å². The third kappa shape index (κ3) is 13.8. The van der Waals surface area contributed by atoms with Gasteiger partial charge in [0.1, 0.15) is 77.2 Å². The number of aromatic hydroxyl groups is 4. The van der Waals surface area contributed by atoms with Gasteiger partial charge in [-0.2, -0.15) is 0 Å². The van der Waals surface area contributed by atoms with Gasteiger partial charge in [0.15, 0.2) is 17.5 Å². The first kappa shape index (κ1) is 64.3. The molecule has 10 rings (SSSR count). The first-order valence-electron chi connectivity index (χ1n) is 27.7. The highest BCUT2D eigenvalue weighted by molar-refractivity contribution is 6.32. The molecule has 5 aromatic rings. The van der Waals surface area contributed by atoms with E-state index in [0.717, 1.165) is 42.5 Å². The molecule has 0 saturated carbocycles. The van der Waals surface area contributed by atoms with E-state index in [9.17, 15) is 64.5 Å². The molecule has 0 saturated heterocycles. The number of hydrogen-bond donors (Lipinski definition) is 15. The fourth-order valence-electron chi connectivity index (χ4n) is 10.7. The van der Waals surface area contributed by atoms with Gasteiger partial charge in [-0.15, -0.1) is 0 Å². The summed E-state index contributed by atoms with van der Waals surface area (Å²) in [6, 6.07) is 0.721. The molecule has 0 radical (unpaired) electrons. The van der Waals surface area contributed by atoms with Gasteiger partial charge < -0.3 is 93.1 Å². The molecular weight excluding hydrogens is 1170 g/mol. The van der Waals surface area contributed by atoms with Crippen LogP contribution >= 0.6 is 11.6 Å². The number of phenolic OH excluding ortho intramolecular Hbond substituents is 4. The monoisotopic (exact) mass is 1240 g/mol. The number of aliphatic hydroxyl groups excluding tert-OH is 2. The highest BCUT2D eigenvalue weighted by Crippen LogP contribution is 2.48. The summed E-state index contributed by atoms with van der Waals surface area (Å²) >= 11 is 6.85. The van der Waals surface area contributed by atoms with E-state index in [4.69, 9.17) is 26.8 Å². The van der Waals surface area contributed by atoms with Crippen LogP contribution in [0.25, 0.3) is 11.1 Å². The number of carbonyl (C=O) groups is 9. The lowest BCUT2D eigenvalue weighted by Crippen LogP contribution is -2.60. The zero-order valence-corrected chi connectivity index (χ0v) is 48.9. The van der Waals surface area contributed by atoms with E-state index in [1.54, 1.807) is 20.9 Å². The van der Waals surface area contributed by atoms with Crippen molar-refractivity contribution in [1.82, 2.24) is 42.1 Å². The number of nitrogens with one attached hydrogen (secondary N) is 7. The van der Waals surface area contributed by atoms with Gasteiger partial charge in [-0.25, -0.2) is 4.79 Å². The van der Waals surface area contributed by atoms with E-state index < -0.39 is 177 Å². The number of primary amides is 1. The van der Waals surface area contributed by atoms with Crippen LogP contribution in [-0.2, 0) is 43.2 Å². The van der Waals surface area contributed by atoms with Crippen LogP contribution in [0, 0.1) is 11.8 Å². The average molecular weight is 1240 g/mol. The summed E-state index contributed by atoms with van der Waals surface area (Å²) < 4.78 is 12.3. The standard InChI is InChI=1S/C60H66ClN9O18/c1-24(2)16-35(63-5)59(84)70(6)36(17-25(3)4)54(79)68-49-51(76)27-12-15-39(33(61)18-27)88-41-20-28-19-40(52(41)77)87-30-13-10-26(11-14-30)50(75)48-58(83)67-47(60(85)86)32-21-29(71)22-38(73)44(32)43-31(8-7-9-37(43)72)46(56(81)69-48)66-55(80)45(28)65-53(78)34(23-42(62)74)64-57(49)82/h7-15,18-22,24-25,34-36,45-51,63,71-73,75-77H,16-17,23H2,1-6H3,(H2,62,74)(H,64,82)(H,65,78)(H,66,80)(H,67,83)(H,68,79)(H,69,81)(H,85,86)/t34?,35-,36?,45?,46?,47?,48?,49?,50?,51?/m0/s1. The van der Waals surface area contributed by atoms with Crippen LogP contribution < -0.4 is 52.4 Å². The Hall–Kier alpha value is -9.70. The van der Waals surface area contributed by atoms with Crippen molar-refractivity contribution in [2.24, 2.45) is 17.6 Å². The summed E-state index contributed by atoms with van der Waals surface area (Å²) in [6.45, 7) is 7.40. The van der Waals surface area contributed by atoms with Gasteiger partial charge in [0.05, 0.1) is 17.5 Å². The van der Waals surface area contributed by atoms with Crippen molar-refractivity contribution in [1.29, 1.82) is 0 Å². The number of nitrogens with two attached hydrogens (primary N) is 1. The summed E-state index contributed by atoms with van der Waals surface area (Å²) in [4.78, 5) is 131. The highest BCUT2D eigenvalue weighted by Gasteiger charge is 2.43. The molecule has 466 valence electrons. The molecule has 0 fully saturated rings. The van der Waals surface area contributed by atoms with Crippen LogP contribution in [0.4, 0.5) is 0 Å². The van der Waals surface area contributed by atoms with E-state index in [0.29, 0.717) is 6.42 Å². The van der Waals surface area contributed by atoms with Gasteiger partial charge in [-0.3, -0.25) is 38.4 Å². The smallest absolute Gasteiger partial charge is 0.330 e. The van der Waals surface area contributed by atoms with Crippen LogP contribution in [0.15, 0.2) is 84.9 Å². The maximum absolute atomic E-state index is 15.6. The predicted molar refractivity (Wildman–Crippen MR) is 311 cm³/mol. The number of rotatable bonds is 12. The zero-order chi connectivity index (χ0) is 64.3. The number of phenols is 4. The molecule has 0 aromatic heterocycles. The highest BCUT2D eigenvalue weighted by atomic mass is 35.5. The van der Waals surface area contributed by atoms with Crippen molar-refractivity contribution in [3.8, 4) is 57.1 Å². The zero-order valence-electron chi connectivity index (χ0n) is 48.2. The molecule has 16 N–H and O–H groups in total. The van der Waals surface area contributed by atoms with E-state index in [1.807, 2.05) is 13.8 Å². The summed E-state index contributed by atoms with van der Waals surface area (Å²) in [6.07, 6.45) is -4.70. The second-order valence-electron chi connectivity index (χ2n) is 22.3. The molecule has 88 heavy (non-hydrogen) atoms. The maximum Gasteiger partial charge on any atom is 0.330 e. The normalized spacial score (nSPS) is 21.8. The quantitative estimate of drug-likeness (QED) is 0.0853. The lowest BCUT2D eigenvalue weighted by Gasteiger charge is -2.34. The van der Waals surface area contributed by atoms with Crippen LogP contribution in [0.3, 0.4) is 0 Å². The fourth-order valence-corrected chi connectivity index (χ4v) is 10.9. The van der Waals surface area contributed by atoms with Crippen LogP contribution in [-0.4, -0.2) is 138 Å². The van der Waals surface area contributed by atoms with Crippen molar-refractivity contribution in [2.75, 3.05) is 14.1 Å². The van der Waals surface area contributed by atoms with Gasteiger partial charge in [-0.05, 0) is 103 Å². The summed E-state index contributed by atoms with van der Waals surface area (Å²) in [5, 5.41) is 98.0. The second kappa shape index (κ2) is 26.5. The molecule has 0 aliphatic carbocycles. The van der Waals surface area contributed by atoms with E-state index in [1.165, 1.54) is 54.4 Å². The number of aliphatic carboxylic acids is 1. The van der Waals surface area contributed by atoms with E-state index in [-0.39, 0.29) is 51.5 Å². The van der Waals surface area contributed by atoms with Gasteiger partial charge in [0, 0.05) is 29.8 Å². The van der Waals surface area contributed by atoms with Gasteiger partial charge >= 0.3 is 5.97 Å². The SMILES string of the molecule is CN[C@@H](CC(C)C)C(=O)N(C)C(CC(C)C)C(=O)NC1C(=O)NC(CC(N)=O)C(=O)NC2C(=O)NC3C(=O)NC(C(=O)NC(C(=O)O)c4cc(O)cc(O)c4-c4c(O)cccc43)C(O)c3ccc(cc3)Oc3cc2cc(c3O)Oc2ccc(cc2Cl)C1O. The number of aliphatic hydroxyl groups is 2. The third-order valence-electron chi connectivity index (χ3n) is 15.1. The number of ether oxygens (including phenoxy) is 2. The Bertz CT molecular complexity index is 3600. The number of benzene rings is 5. The van der Waals surface area contributed by atoms with Crippen molar-refractivity contribution < 1.29 is 88.4 Å². The minimum atomic E-state index is -2.23. The molecule has 27 nitrogen and oxygen atoms in total. The van der Waals surface area contributed by atoms with Crippen molar-refractivity contribution in [2.45, 2.75) is 108 Å². The molecule has 5 heterocycles. The van der Waals surface area contributed by atoms with Crippen LogP contribution in [0.1, 0.15) is 105 Å². The lowest BCUT2D eigenvalue weighted by atomic mass is 9.87. The van der Waals surface area contributed by atoms with Crippen LogP contribution in [0.5, 0.6) is 46.0 Å². The second-order valence-corrected chi connectivity index (χ2v) is 22.7. The molecule has 5 aliphatic heterocycles. The van der Waals surface area contributed by atoms with Crippen molar-refractivity contribution >= 4 is 64.8 Å². The van der Waals surface area contributed by atoms with E-state index in [2.05, 4.69) is 37.2 Å². The number of carbonyl (C=O) groups excluding carboxylic acids is 8. The van der Waals surface area contributed by atoms with Crippen molar-refractivity contribution in [3.05, 3.63) is 118 Å². The average Bonchev–Trinajstić information content (AvgIpc) is 1.28. The largest absolute Gasteiger partial charge is 0.508 e. The van der Waals surface area contributed by atoms with E-state index >= 15 is 14.4 Å². The summed E-state index contributed by atoms with van der Waals surface area (Å²) in [7, 11) is 3.00. The molecule has 9 bridgehead atoms. The number of likely N-dealkylation sites (N-methyl/N-ethyl adjacent to an activating group) is 2. The fraction of sp³-hybridized carbons (Fsp3) is 0.350. The molecule has 28 heteroatoms. The Labute approximate surface area is 507 Å². The summed E-state index contributed by atoms with van der Waals surface area (Å²) in [5.41, 5.74) is 2.96.